The lowest BCUT2D eigenvalue weighted by Gasteiger charge is -2.01. The predicted octanol–water partition coefficient (Wildman–Crippen LogP) is 3.75. The van der Waals surface area contributed by atoms with E-state index in [1.165, 1.54) is 17.8 Å². The second kappa shape index (κ2) is 5.97. The van der Waals surface area contributed by atoms with Crippen LogP contribution in [0.2, 0.25) is 0 Å². The maximum absolute atomic E-state index is 13.7. The Morgan fingerprint density at radius 1 is 1.14 bits per heavy atom. The molecule has 0 saturated heterocycles. The zero-order chi connectivity index (χ0) is 14.7. The first kappa shape index (κ1) is 13.6. The minimum Gasteiger partial charge on any atom is -0.399 e. The van der Waals surface area contributed by atoms with Gasteiger partial charge in [0.2, 0.25) is 11.7 Å². The van der Waals surface area contributed by atoms with Crippen molar-refractivity contribution in [1.82, 2.24) is 10.1 Å². The molecule has 0 aliphatic heterocycles. The van der Waals surface area contributed by atoms with Crippen molar-refractivity contribution in [2.75, 3.05) is 5.73 Å². The molecule has 3 aromatic rings. The highest BCUT2D eigenvalue weighted by Crippen LogP contribution is 2.27. The normalized spacial score (nSPS) is 10.7. The average molecular weight is 301 g/mol. The third kappa shape index (κ3) is 3.22. The van der Waals surface area contributed by atoms with Crippen LogP contribution >= 0.6 is 11.8 Å². The molecule has 4 nitrogen and oxygen atoms in total. The van der Waals surface area contributed by atoms with Crippen LogP contribution < -0.4 is 5.73 Å². The van der Waals surface area contributed by atoms with Gasteiger partial charge in [0.05, 0.1) is 5.75 Å². The molecule has 2 N–H and O–H groups in total. The highest BCUT2D eigenvalue weighted by atomic mass is 32.2. The molecule has 0 radical (unpaired) electrons. The molecular formula is C15H12FN3OS. The summed E-state index contributed by atoms with van der Waals surface area (Å²) >= 11 is 1.29. The molecule has 0 amide bonds. The SMILES string of the molecule is Nc1ccc(SCc2nc(-c3ccccc3)no2)c(F)c1. The van der Waals surface area contributed by atoms with Crippen LogP contribution in [0.1, 0.15) is 5.89 Å². The summed E-state index contributed by atoms with van der Waals surface area (Å²) in [7, 11) is 0. The molecule has 3 rings (SSSR count). The molecule has 0 atom stereocenters. The minimum atomic E-state index is -0.345. The summed E-state index contributed by atoms with van der Waals surface area (Å²) in [4.78, 5) is 4.80. The highest BCUT2D eigenvalue weighted by molar-refractivity contribution is 7.98. The number of anilines is 1. The lowest BCUT2D eigenvalue weighted by Crippen LogP contribution is -1.89. The van der Waals surface area contributed by atoms with Crippen molar-refractivity contribution >= 4 is 17.4 Å². The molecule has 0 unspecified atom stereocenters. The van der Waals surface area contributed by atoms with Crippen LogP contribution in [-0.2, 0) is 5.75 Å². The third-order valence-corrected chi connectivity index (χ3v) is 3.84. The Bertz CT molecular complexity index is 746. The molecule has 0 aliphatic rings. The molecular weight excluding hydrogens is 289 g/mol. The lowest BCUT2D eigenvalue weighted by atomic mass is 10.2. The molecule has 1 heterocycles. The molecule has 0 fully saturated rings. The van der Waals surface area contributed by atoms with Gasteiger partial charge < -0.3 is 10.3 Å². The molecule has 21 heavy (non-hydrogen) atoms. The lowest BCUT2D eigenvalue weighted by molar-refractivity contribution is 0.391. The Labute approximate surface area is 125 Å². The van der Waals surface area contributed by atoms with Crippen LogP contribution in [0.5, 0.6) is 0 Å². The third-order valence-electron chi connectivity index (χ3n) is 2.81. The molecule has 2 aromatic carbocycles. The second-order valence-corrected chi connectivity index (χ2v) is 5.37. The Hall–Kier alpha value is -2.34. The first-order valence-corrected chi connectivity index (χ1v) is 7.27. The number of benzene rings is 2. The second-order valence-electron chi connectivity index (χ2n) is 4.36. The van der Waals surface area contributed by atoms with Crippen LogP contribution in [-0.4, -0.2) is 10.1 Å². The van der Waals surface area contributed by atoms with E-state index in [0.717, 1.165) is 5.56 Å². The fourth-order valence-electron chi connectivity index (χ4n) is 1.79. The molecule has 106 valence electrons. The van der Waals surface area contributed by atoms with E-state index >= 15 is 0 Å². The molecule has 1 aromatic heterocycles. The topological polar surface area (TPSA) is 64.9 Å². The van der Waals surface area contributed by atoms with Gasteiger partial charge in [0.25, 0.3) is 0 Å². The van der Waals surface area contributed by atoms with E-state index in [2.05, 4.69) is 10.1 Å². The number of nitrogens with two attached hydrogens (primary N) is 1. The van der Waals surface area contributed by atoms with Crippen molar-refractivity contribution in [3.63, 3.8) is 0 Å². The first-order chi connectivity index (χ1) is 10.2. The minimum absolute atomic E-state index is 0.345. The van der Waals surface area contributed by atoms with Crippen molar-refractivity contribution < 1.29 is 8.91 Å². The zero-order valence-electron chi connectivity index (χ0n) is 11.0. The number of halogens is 1. The van der Waals surface area contributed by atoms with Gasteiger partial charge in [-0.05, 0) is 18.2 Å². The molecule has 0 saturated carbocycles. The zero-order valence-corrected chi connectivity index (χ0v) is 11.8. The predicted molar refractivity (Wildman–Crippen MR) is 80.1 cm³/mol. The molecule has 0 bridgehead atoms. The van der Waals surface area contributed by atoms with Crippen LogP contribution in [0.25, 0.3) is 11.4 Å². The van der Waals surface area contributed by atoms with E-state index in [9.17, 15) is 4.39 Å². The standard InChI is InChI=1S/C15H12FN3OS/c16-12-8-11(17)6-7-13(12)21-9-14-18-15(19-20-14)10-4-2-1-3-5-10/h1-8H,9,17H2. The number of hydrogen-bond acceptors (Lipinski definition) is 5. The maximum Gasteiger partial charge on any atom is 0.237 e. The summed E-state index contributed by atoms with van der Waals surface area (Å²) in [5.41, 5.74) is 6.80. The van der Waals surface area contributed by atoms with E-state index in [4.69, 9.17) is 10.3 Å². The van der Waals surface area contributed by atoms with Crippen molar-refractivity contribution in [3.05, 3.63) is 60.2 Å². The van der Waals surface area contributed by atoms with Gasteiger partial charge >= 0.3 is 0 Å². The van der Waals surface area contributed by atoms with Crippen molar-refractivity contribution in [2.45, 2.75) is 10.6 Å². The smallest absolute Gasteiger partial charge is 0.237 e. The van der Waals surface area contributed by atoms with E-state index in [1.807, 2.05) is 30.3 Å². The fraction of sp³-hybridized carbons (Fsp3) is 0.0667. The monoisotopic (exact) mass is 301 g/mol. The molecule has 0 aliphatic carbocycles. The average Bonchev–Trinajstić information content (AvgIpc) is 2.96. The summed E-state index contributed by atoms with van der Waals surface area (Å²) in [5.74, 6) is 1.04. The van der Waals surface area contributed by atoms with Gasteiger partial charge in [-0.1, -0.05) is 35.5 Å². The van der Waals surface area contributed by atoms with Crippen molar-refractivity contribution in [2.24, 2.45) is 0 Å². The number of nitrogens with zero attached hydrogens (tertiary/aromatic N) is 2. The molecule has 0 spiro atoms. The van der Waals surface area contributed by atoms with E-state index < -0.39 is 0 Å². The van der Waals surface area contributed by atoms with Gasteiger partial charge in [0.1, 0.15) is 5.82 Å². The number of hydrogen-bond donors (Lipinski definition) is 1. The number of nitrogen functional groups attached to an aromatic ring is 1. The van der Waals surface area contributed by atoms with Gasteiger partial charge in [-0.25, -0.2) is 4.39 Å². The Kier molecular flexibility index (Phi) is 3.87. The number of aromatic nitrogens is 2. The Morgan fingerprint density at radius 3 is 2.71 bits per heavy atom. The Balaban J connectivity index is 1.70. The van der Waals surface area contributed by atoms with Crippen LogP contribution in [0.15, 0.2) is 57.9 Å². The number of rotatable bonds is 4. The summed E-state index contributed by atoms with van der Waals surface area (Å²) in [6.07, 6.45) is 0. The van der Waals surface area contributed by atoms with Crippen LogP contribution in [0.4, 0.5) is 10.1 Å². The highest BCUT2D eigenvalue weighted by Gasteiger charge is 2.10. The largest absolute Gasteiger partial charge is 0.399 e. The first-order valence-electron chi connectivity index (χ1n) is 6.28. The van der Waals surface area contributed by atoms with Crippen molar-refractivity contribution in [1.29, 1.82) is 0 Å². The Morgan fingerprint density at radius 2 is 1.95 bits per heavy atom. The number of thioether (sulfide) groups is 1. The van der Waals surface area contributed by atoms with Crippen molar-refractivity contribution in [3.8, 4) is 11.4 Å². The summed E-state index contributed by atoms with van der Waals surface area (Å²) in [6.45, 7) is 0. The van der Waals surface area contributed by atoms with Gasteiger partial charge in [-0.2, -0.15) is 4.98 Å². The van der Waals surface area contributed by atoms with Gasteiger partial charge in [-0.3, -0.25) is 0 Å². The van der Waals surface area contributed by atoms with Crippen LogP contribution in [0.3, 0.4) is 0 Å². The van der Waals surface area contributed by atoms with Gasteiger partial charge in [0.15, 0.2) is 0 Å². The molecule has 6 heteroatoms. The van der Waals surface area contributed by atoms with Gasteiger partial charge in [0, 0.05) is 16.1 Å². The summed E-state index contributed by atoms with van der Waals surface area (Å²) in [5, 5.41) is 3.92. The maximum atomic E-state index is 13.7. The van der Waals surface area contributed by atoms with Gasteiger partial charge in [-0.15, -0.1) is 11.8 Å². The van der Waals surface area contributed by atoms with E-state index in [-0.39, 0.29) is 5.82 Å². The van der Waals surface area contributed by atoms with E-state index in [1.54, 1.807) is 12.1 Å². The van der Waals surface area contributed by atoms with Crippen LogP contribution in [0, 0.1) is 5.82 Å². The van der Waals surface area contributed by atoms with E-state index in [0.29, 0.717) is 28.1 Å². The summed E-state index contributed by atoms with van der Waals surface area (Å²) in [6, 6.07) is 14.1. The quantitative estimate of drug-likeness (QED) is 0.587. The fourth-order valence-corrected chi connectivity index (χ4v) is 2.55. The summed E-state index contributed by atoms with van der Waals surface area (Å²) < 4.78 is 18.8.